The zero-order chi connectivity index (χ0) is 25.1. The molecular weight excluding hydrogens is 521 g/mol. The molecule has 2 fully saturated rings. The quantitative estimate of drug-likeness (QED) is 0.436. The third-order valence-electron chi connectivity index (χ3n) is 6.90. The Morgan fingerprint density at radius 1 is 0.806 bits per heavy atom. The van der Waals surface area contributed by atoms with Crippen LogP contribution in [-0.2, 0) is 14.4 Å². The average Bonchev–Trinajstić information content (AvgIpc) is 3.33. The van der Waals surface area contributed by atoms with Gasteiger partial charge in [0.1, 0.15) is 6.04 Å². The molecule has 180 valence electrons. The topological polar surface area (TPSA) is 69.7 Å². The van der Waals surface area contributed by atoms with Crippen LogP contribution < -0.4 is 15.1 Å². The highest BCUT2D eigenvalue weighted by Gasteiger charge is 2.64. The zero-order valence-electron chi connectivity index (χ0n) is 18.6. The molecule has 0 saturated carbocycles. The fourth-order valence-electron chi connectivity index (χ4n) is 5.49. The first-order valence-corrected chi connectivity index (χ1v) is 12.4. The number of imide groups is 1. The van der Waals surface area contributed by atoms with Crippen molar-refractivity contribution in [2.75, 3.05) is 15.1 Å². The summed E-state index contributed by atoms with van der Waals surface area (Å²) in [4.78, 5) is 44.4. The minimum absolute atomic E-state index is 0.292. The van der Waals surface area contributed by atoms with Gasteiger partial charge in [-0.05, 0) is 54.1 Å². The van der Waals surface area contributed by atoms with Gasteiger partial charge >= 0.3 is 0 Å². The van der Waals surface area contributed by atoms with Crippen LogP contribution >= 0.6 is 34.8 Å². The lowest BCUT2D eigenvalue weighted by molar-refractivity contribution is -0.126. The van der Waals surface area contributed by atoms with E-state index in [2.05, 4.69) is 5.32 Å². The number of carbonyl (C=O) groups excluding carboxylic acids is 3. The second-order valence-electron chi connectivity index (χ2n) is 8.95. The lowest BCUT2D eigenvalue weighted by Gasteiger charge is -2.36. The fourth-order valence-corrected chi connectivity index (χ4v) is 6.13. The highest BCUT2D eigenvalue weighted by molar-refractivity contribution is 6.36. The summed E-state index contributed by atoms with van der Waals surface area (Å²) >= 11 is 18.3. The number of benzene rings is 3. The van der Waals surface area contributed by atoms with E-state index in [-0.39, 0.29) is 11.8 Å². The number of nitrogens with zero attached hydrogens (tertiary/aromatic N) is 2. The Balaban J connectivity index is 1.44. The molecule has 0 aliphatic carbocycles. The van der Waals surface area contributed by atoms with Crippen LogP contribution in [-0.4, -0.2) is 29.8 Å². The van der Waals surface area contributed by atoms with Gasteiger partial charge in [-0.25, -0.2) is 4.90 Å². The van der Waals surface area contributed by atoms with Gasteiger partial charge in [-0.1, -0.05) is 65.2 Å². The van der Waals surface area contributed by atoms with E-state index in [9.17, 15) is 14.4 Å². The first-order chi connectivity index (χ1) is 17.3. The molecule has 4 atom stereocenters. The van der Waals surface area contributed by atoms with Crippen molar-refractivity contribution in [2.24, 2.45) is 11.8 Å². The first-order valence-electron chi connectivity index (χ1n) is 11.3. The molecule has 6 rings (SSSR count). The van der Waals surface area contributed by atoms with E-state index >= 15 is 0 Å². The van der Waals surface area contributed by atoms with E-state index in [0.717, 1.165) is 16.2 Å². The number of anilines is 3. The molecule has 9 heteroatoms. The second kappa shape index (κ2) is 8.66. The van der Waals surface area contributed by atoms with Gasteiger partial charge in [0.2, 0.25) is 17.7 Å². The summed E-state index contributed by atoms with van der Waals surface area (Å²) in [6, 6.07) is 17.5. The predicted molar refractivity (Wildman–Crippen MR) is 142 cm³/mol. The van der Waals surface area contributed by atoms with Crippen molar-refractivity contribution in [1.29, 1.82) is 0 Å². The monoisotopic (exact) mass is 537 g/mol. The normalized spacial score (nSPS) is 24.0. The summed E-state index contributed by atoms with van der Waals surface area (Å²) in [5.74, 6) is -2.87. The van der Waals surface area contributed by atoms with Gasteiger partial charge in [0.05, 0.1) is 23.6 Å². The predicted octanol–water partition coefficient (Wildman–Crippen LogP) is 5.68. The summed E-state index contributed by atoms with van der Waals surface area (Å²) in [6.07, 6.45) is 3.83. The molecule has 0 radical (unpaired) electrons. The Morgan fingerprint density at radius 3 is 2.19 bits per heavy atom. The number of amides is 3. The molecule has 6 nitrogen and oxygen atoms in total. The van der Waals surface area contributed by atoms with Crippen molar-refractivity contribution >= 4 is 75.7 Å². The lowest BCUT2D eigenvalue weighted by Crippen LogP contribution is -2.50. The van der Waals surface area contributed by atoms with Gasteiger partial charge in [-0.3, -0.25) is 14.4 Å². The number of nitrogens with one attached hydrogen (secondary N) is 1. The maximum Gasteiger partial charge on any atom is 0.247 e. The maximum absolute atomic E-state index is 13.9. The van der Waals surface area contributed by atoms with Crippen LogP contribution in [0.3, 0.4) is 0 Å². The Kier molecular flexibility index (Phi) is 5.56. The Morgan fingerprint density at radius 2 is 1.47 bits per heavy atom. The molecule has 3 heterocycles. The highest BCUT2D eigenvalue weighted by Crippen LogP contribution is 2.49. The minimum atomic E-state index is -0.919. The van der Waals surface area contributed by atoms with Crippen LogP contribution in [0.2, 0.25) is 15.1 Å². The number of rotatable bonds is 3. The molecule has 0 unspecified atom stereocenters. The third kappa shape index (κ3) is 3.60. The smallest absolute Gasteiger partial charge is 0.247 e. The van der Waals surface area contributed by atoms with Gasteiger partial charge in [-0.15, -0.1) is 0 Å². The SMILES string of the molecule is O=C(Nc1ccc(Cl)cc1)[C@@H]1[C@@H]2C(=O)N(c3cc(Cl)cc(Cl)c3)C(=O)[C@H]2[C@@H]2C=Cc3ccccc3N12. The average molecular weight is 539 g/mol. The molecule has 0 spiro atoms. The summed E-state index contributed by atoms with van der Waals surface area (Å²) < 4.78 is 0. The van der Waals surface area contributed by atoms with E-state index in [1.54, 1.807) is 24.3 Å². The summed E-state index contributed by atoms with van der Waals surface area (Å²) in [7, 11) is 0. The van der Waals surface area contributed by atoms with E-state index in [0.29, 0.717) is 26.4 Å². The minimum Gasteiger partial charge on any atom is -0.351 e. The van der Waals surface area contributed by atoms with Crippen LogP contribution in [0.25, 0.3) is 6.08 Å². The largest absolute Gasteiger partial charge is 0.351 e. The van der Waals surface area contributed by atoms with E-state index in [1.807, 2.05) is 41.3 Å². The summed E-state index contributed by atoms with van der Waals surface area (Å²) in [6.45, 7) is 0. The van der Waals surface area contributed by atoms with Crippen molar-refractivity contribution in [3.8, 4) is 0 Å². The van der Waals surface area contributed by atoms with Crippen LogP contribution in [0, 0.1) is 11.8 Å². The van der Waals surface area contributed by atoms with Crippen LogP contribution in [0.1, 0.15) is 5.56 Å². The molecule has 3 aromatic rings. The molecule has 3 aliphatic rings. The molecule has 0 bridgehead atoms. The Labute approximate surface area is 222 Å². The maximum atomic E-state index is 13.9. The van der Waals surface area contributed by atoms with E-state index in [4.69, 9.17) is 34.8 Å². The Bertz CT molecular complexity index is 1440. The molecule has 0 aromatic heterocycles. The Hall–Kier alpha value is -3.32. The van der Waals surface area contributed by atoms with Crippen molar-refractivity contribution in [2.45, 2.75) is 12.1 Å². The van der Waals surface area contributed by atoms with Gasteiger partial charge in [-0.2, -0.15) is 0 Å². The molecule has 1 N–H and O–H groups in total. The number of carbonyl (C=O) groups is 3. The molecule has 3 amide bonds. The summed E-state index contributed by atoms with van der Waals surface area (Å²) in [5, 5.41) is 4.06. The number of halogens is 3. The van der Waals surface area contributed by atoms with E-state index < -0.39 is 29.8 Å². The van der Waals surface area contributed by atoms with Gasteiger partial charge in [0.25, 0.3) is 0 Å². The third-order valence-corrected chi connectivity index (χ3v) is 7.59. The molecule has 36 heavy (non-hydrogen) atoms. The lowest BCUT2D eigenvalue weighted by atomic mass is 9.88. The highest BCUT2D eigenvalue weighted by atomic mass is 35.5. The number of hydrogen-bond acceptors (Lipinski definition) is 4. The molecular formula is C27H18Cl3N3O3. The van der Waals surface area contributed by atoms with Crippen molar-refractivity contribution in [3.63, 3.8) is 0 Å². The van der Waals surface area contributed by atoms with Crippen LogP contribution in [0.15, 0.2) is 72.8 Å². The second-order valence-corrected chi connectivity index (χ2v) is 10.3. The standard InChI is InChI=1S/C27H18Cl3N3O3/c28-15-6-8-18(9-7-15)31-25(34)24-23-22(21-10-5-14-3-1-2-4-20(14)33(21)24)26(35)32(27(23)36)19-12-16(29)11-17(30)13-19/h1-13,21-24H,(H,31,34)/t21-,22-,23+,24-/m0/s1. The van der Waals surface area contributed by atoms with Gasteiger partial charge in [0.15, 0.2) is 0 Å². The van der Waals surface area contributed by atoms with E-state index in [1.165, 1.54) is 18.2 Å². The number of hydrogen-bond donors (Lipinski definition) is 1. The van der Waals surface area contributed by atoms with Crippen molar-refractivity contribution in [1.82, 2.24) is 0 Å². The summed E-state index contributed by atoms with van der Waals surface area (Å²) in [5.41, 5.74) is 2.55. The number of para-hydroxylation sites is 1. The molecule has 2 saturated heterocycles. The first kappa shape index (κ1) is 23.1. The number of fused-ring (bicyclic) bond motifs is 5. The zero-order valence-corrected chi connectivity index (χ0v) is 20.8. The van der Waals surface area contributed by atoms with Crippen molar-refractivity contribution < 1.29 is 14.4 Å². The van der Waals surface area contributed by atoms with Crippen molar-refractivity contribution in [3.05, 3.63) is 93.4 Å². The van der Waals surface area contributed by atoms with Gasteiger partial charge < -0.3 is 10.2 Å². The molecule has 3 aliphatic heterocycles. The van der Waals surface area contributed by atoms with Gasteiger partial charge in [0, 0.05) is 26.4 Å². The fraction of sp³-hybridized carbons (Fsp3) is 0.148. The molecule has 3 aromatic carbocycles. The van der Waals surface area contributed by atoms with Crippen LogP contribution in [0.4, 0.5) is 17.1 Å². The van der Waals surface area contributed by atoms with Crippen LogP contribution in [0.5, 0.6) is 0 Å².